The lowest BCUT2D eigenvalue weighted by Gasteiger charge is -2.43. The van der Waals surface area contributed by atoms with Crippen LogP contribution in [0.4, 0.5) is 4.39 Å². The Morgan fingerprint density at radius 1 is 1.29 bits per heavy atom. The zero-order valence-electron chi connectivity index (χ0n) is 11.5. The molecule has 3 rings (SSSR count). The van der Waals surface area contributed by atoms with Crippen molar-refractivity contribution in [3.05, 3.63) is 34.6 Å². The monoisotopic (exact) mass is 310 g/mol. The quantitative estimate of drug-likeness (QED) is 0.911. The van der Waals surface area contributed by atoms with Gasteiger partial charge in [-0.3, -0.25) is 9.59 Å². The molecule has 0 unspecified atom stereocenters. The highest BCUT2D eigenvalue weighted by Crippen LogP contribution is 2.38. The fraction of sp³-hybridized carbons (Fsp3) is 0.467. The number of carbonyl (C=O) groups excluding carboxylic acids is 2. The molecule has 2 amide bonds. The fourth-order valence-electron chi connectivity index (χ4n) is 3.29. The van der Waals surface area contributed by atoms with Gasteiger partial charge in [-0.1, -0.05) is 30.5 Å². The van der Waals surface area contributed by atoms with Gasteiger partial charge in [-0.25, -0.2) is 4.39 Å². The molecule has 4 nitrogen and oxygen atoms in total. The smallest absolute Gasteiger partial charge is 0.246 e. The van der Waals surface area contributed by atoms with Gasteiger partial charge in [0.05, 0.1) is 11.6 Å². The minimum absolute atomic E-state index is 0.0233. The Morgan fingerprint density at radius 3 is 2.67 bits per heavy atom. The fourth-order valence-corrected chi connectivity index (χ4v) is 3.50. The SMILES string of the molecule is O=C1CNC(=O)C2(CCCC2)N1Cc1ccc(F)c(Cl)c1. The van der Waals surface area contributed by atoms with Crippen LogP contribution >= 0.6 is 11.6 Å². The molecule has 21 heavy (non-hydrogen) atoms. The van der Waals surface area contributed by atoms with Crippen LogP contribution in [0.15, 0.2) is 18.2 Å². The number of carbonyl (C=O) groups is 2. The molecule has 0 radical (unpaired) electrons. The van der Waals surface area contributed by atoms with Crippen molar-refractivity contribution in [2.75, 3.05) is 6.54 Å². The number of hydrogen-bond donors (Lipinski definition) is 1. The first-order valence-electron chi connectivity index (χ1n) is 7.06. The number of hydrogen-bond acceptors (Lipinski definition) is 2. The van der Waals surface area contributed by atoms with Crippen molar-refractivity contribution in [2.45, 2.75) is 37.8 Å². The van der Waals surface area contributed by atoms with Crippen molar-refractivity contribution >= 4 is 23.4 Å². The molecule has 0 atom stereocenters. The van der Waals surface area contributed by atoms with E-state index >= 15 is 0 Å². The molecular weight excluding hydrogens is 295 g/mol. The average Bonchev–Trinajstić information content (AvgIpc) is 2.94. The zero-order chi connectivity index (χ0) is 15.0. The van der Waals surface area contributed by atoms with Gasteiger partial charge in [-0.05, 0) is 30.5 Å². The normalized spacial score (nSPS) is 21.0. The van der Waals surface area contributed by atoms with Gasteiger partial charge >= 0.3 is 0 Å². The number of rotatable bonds is 2. The Labute approximate surface area is 127 Å². The van der Waals surface area contributed by atoms with Gasteiger partial charge in [0, 0.05) is 6.54 Å². The summed E-state index contributed by atoms with van der Waals surface area (Å²) in [5, 5.41) is 2.71. The van der Waals surface area contributed by atoms with Crippen LogP contribution < -0.4 is 5.32 Å². The zero-order valence-corrected chi connectivity index (χ0v) is 12.3. The van der Waals surface area contributed by atoms with Gasteiger partial charge in [-0.15, -0.1) is 0 Å². The van der Waals surface area contributed by atoms with Crippen LogP contribution in [0.3, 0.4) is 0 Å². The lowest BCUT2D eigenvalue weighted by molar-refractivity contribution is -0.154. The minimum atomic E-state index is -0.740. The van der Waals surface area contributed by atoms with Crippen molar-refractivity contribution in [3.8, 4) is 0 Å². The summed E-state index contributed by atoms with van der Waals surface area (Å²) in [5.41, 5.74) is -0.00773. The van der Waals surface area contributed by atoms with E-state index in [1.54, 1.807) is 11.0 Å². The standard InChI is InChI=1S/C15H16ClFN2O2/c16-11-7-10(3-4-12(11)17)9-19-13(20)8-18-14(21)15(19)5-1-2-6-15/h3-4,7H,1-2,5-6,8-9H2,(H,18,21). The van der Waals surface area contributed by atoms with Crippen molar-refractivity contribution in [2.24, 2.45) is 0 Å². The van der Waals surface area contributed by atoms with E-state index in [2.05, 4.69) is 5.32 Å². The van der Waals surface area contributed by atoms with Crippen LogP contribution in [0, 0.1) is 5.82 Å². The second-order valence-corrected chi connectivity index (χ2v) is 6.06. The molecule has 0 aromatic heterocycles. The number of halogens is 2. The Morgan fingerprint density at radius 2 is 2.00 bits per heavy atom. The lowest BCUT2D eigenvalue weighted by atomic mass is 9.90. The Hall–Kier alpha value is -1.62. The van der Waals surface area contributed by atoms with Crippen LogP contribution in [-0.4, -0.2) is 28.8 Å². The molecule has 1 spiro atoms. The molecule has 1 aliphatic heterocycles. The van der Waals surface area contributed by atoms with Crippen molar-refractivity contribution in [1.29, 1.82) is 0 Å². The molecule has 6 heteroatoms. The second kappa shape index (κ2) is 5.30. The van der Waals surface area contributed by atoms with Gasteiger partial charge in [0.15, 0.2) is 0 Å². The van der Waals surface area contributed by atoms with Crippen molar-refractivity contribution in [3.63, 3.8) is 0 Å². The first kappa shape index (κ1) is 14.3. The summed E-state index contributed by atoms with van der Waals surface area (Å²) in [4.78, 5) is 26.2. The summed E-state index contributed by atoms with van der Waals surface area (Å²) in [6, 6.07) is 4.40. The molecular formula is C15H16ClFN2O2. The molecule has 2 fully saturated rings. The maximum Gasteiger partial charge on any atom is 0.246 e. The van der Waals surface area contributed by atoms with E-state index in [0.717, 1.165) is 18.4 Å². The third-order valence-corrected chi connectivity index (χ3v) is 4.69. The molecule has 2 aliphatic rings. The molecule has 1 saturated carbocycles. The van der Waals surface area contributed by atoms with Gasteiger partial charge in [0.25, 0.3) is 0 Å². The van der Waals surface area contributed by atoms with E-state index in [1.807, 2.05) is 0 Å². The summed E-state index contributed by atoms with van der Waals surface area (Å²) in [7, 11) is 0. The Balaban J connectivity index is 1.91. The average molecular weight is 311 g/mol. The number of benzene rings is 1. The van der Waals surface area contributed by atoms with E-state index in [0.29, 0.717) is 12.8 Å². The van der Waals surface area contributed by atoms with E-state index in [-0.39, 0.29) is 29.9 Å². The molecule has 1 saturated heterocycles. The number of nitrogens with one attached hydrogen (secondary N) is 1. The van der Waals surface area contributed by atoms with Crippen LogP contribution in [0.25, 0.3) is 0 Å². The Bertz CT molecular complexity index is 599. The van der Waals surface area contributed by atoms with Crippen molar-refractivity contribution in [1.82, 2.24) is 10.2 Å². The topological polar surface area (TPSA) is 49.4 Å². The first-order chi connectivity index (χ1) is 10.0. The third-order valence-electron chi connectivity index (χ3n) is 4.40. The highest BCUT2D eigenvalue weighted by atomic mass is 35.5. The van der Waals surface area contributed by atoms with Crippen LogP contribution in [0.2, 0.25) is 5.02 Å². The maximum atomic E-state index is 13.2. The number of nitrogens with zero attached hydrogens (tertiary/aromatic N) is 1. The summed E-state index contributed by atoms with van der Waals surface area (Å²) in [6.07, 6.45) is 3.22. The summed E-state index contributed by atoms with van der Waals surface area (Å²) < 4.78 is 13.2. The molecule has 112 valence electrons. The molecule has 1 N–H and O–H groups in total. The molecule has 1 heterocycles. The van der Waals surface area contributed by atoms with E-state index < -0.39 is 11.4 Å². The summed E-state index contributed by atoms with van der Waals surface area (Å²) >= 11 is 5.79. The van der Waals surface area contributed by atoms with Gasteiger partial charge in [0.2, 0.25) is 11.8 Å². The predicted octanol–water partition coefficient (Wildman–Crippen LogP) is 2.25. The summed E-state index contributed by atoms with van der Waals surface area (Å²) in [6.45, 7) is 0.307. The predicted molar refractivity (Wildman–Crippen MR) is 76.2 cm³/mol. The van der Waals surface area contributed by atoms with Gasteiger partial charge < -0.3 is 10.2 Å². The van der Waals surface area contributed by atoms with E-state index in [9.17, 15) is 14.0 Å². The van der Waals surface area contributed by atoms with Gasteiger partial charge in [0.1, 0.15) is 11.4 Å². The van der Waals surface area contributed by atoms with Crippen LogP contribution in [0.5, 0.6) is 0 Å². The Kier molecular flexibility index (Phi) is 3.61. The maximum absolute atomic E-state index is 13.2. The van der Waals surface area contributed by atoms with Crippen LogP contribution in [-0.2, 0) is 16.1 Å². The van der Waals surface area contributed by atoms with Gasteiger partial charge in [-0.2, -0.15) is 0 Å². The summed E-state index contributed by atoms with van der Waals surface area (Å²) in [5.74, 6) is -0.663. The lowest BCUT2D eigenvalue weighted by Crippen LogP contribution is -2.65. The number of amides is 2. The number of piperazine rings is 1. The van der Waals surface area contributed by atoms with E-state index in [4.69, 9.17) is 11.6 Å². The molecule has 0 bridgehead atoms. The highest BCUT2D eigenvalue weighted by Gasteiger charge is 2.50. The van der Waals surface area contributed by atoms with Crippen LogP contribution in [0.1, 0.15) is 31.2 Å². The third kappa shape index (κ3) is 2.39. The molecule has 1 aromatic carbocycles. The molecule has 1 aromatic rings. The first-order valence-corrected chi connectivity index (χ1v) is 7.43. The molecule has 1 aliphatic carbocycles. The van der Waals surface area contributed by atoms with E-state index in [1.165, 1.54) is 12.1 Å². The second-order valence-electron chi connectivity index (χ2n) is 5.65. The van der Waals surface area contributed by atoms with Crippen molar-refractivity contribution < 1.29 is 14.0 Å². The minimum Gasteiger partial charge on any atom is -0.345 e. The largest absolute Gasteiger partial charge is 0.345 e. The highest BCUT2D eigenvalue weighted by molar-refractivity contribution is 6.30.